The number of thioether (sulfide) groups is 1. The van der Waals surface area contributed by atoms with E-state index in [0.29, 0.717) is 12.1 Å². The number of nitrogens with one attached hydrogen (secondary N) is 1. The van der Waals surface area contributed by atoms with Crippen LogP contribution < -0.4 is 10.2 Å². The van der Waals surface area contributed by atoms with Gasteiger partial charge in [-0.2, -0.15) is 11.8 Å². The molecular weight excluding hydrogens is 290 g/mol. The van der Waals surface area contributed by atoms with E-state index >= 15 is 0 Å². The van der Waals surface area contributed by atoms with E-state index in [9.17, 15) is 0 Å². The molecule has 20 heavy (non-hydrogen) atoms. The van der Waals surface area contributed by atoms with Crippen molar-refractivity contribution in [2.45, 2.75) is 45.8 Å². The highest BCUT2D eigenvalue weighted by Crippen LogP contribution is 2.25. The fraction of sp³-hybridized carbons (Fsp3) is 0.667. The second kappa shape index (κ2) is 8.75. The molecule has 1 unspecified atom stereocenters. The molecule has 0 saturated heterocycles. The third-order valence-electron chi connectivity index (χ3n) is 3.33. The van der Waals surface area contributed by atoms with Crippen LogP contribution in [0.4, 0.5) is 5.82 Å². The Morgan fingerprint density at radius 3 is 2.65 bits per heavy atom. The second-order valence-electron chi connectivity index (χ2n) is 5.43. The van der Waals surface area contributed by atoms with Gasteiger partial charge in [0, 0.05) is 31.9 Å². The van der Waals surface area contributed by atoms with Gasteiger partial charge in [0.05, 0.1) is 5.02 Å². The molecule has 0 bridgehead atoms. The number of hydrogen-bond acceptors (Lipinski definition) is 4. The molecule has 0 aliphatic heterocycles. The van der Waals surface area contributed by atoms with Crippen molar-refractivity contribution in [3.8, 4) is 0 Å². The molecule has 0 aliphatic rings. The van der Waals surface area contributed by atoms with Gasteiger partial charge in [0.15, 0.2) is 0 Å². The average molecular weight is 316 g/mol. The molecule has 3 nitrogen and oxygen atoms in total. The molecule has 0 aliphatic carbocycles. The summed E-state index contributed by atoms with van der Waals surface area (Å²) in [4.78, 5) is 6.70. The molecule has 114 valence electrons. The van der Waals surface area contributed by atoms with Crippen LogP contribution in [0.1, 0.15) is 32.8 Å². The highest BCUT2D eigenvalue weighted by molar-refractivity contribution is 7.98. The van der Waals surface area contributed by atoms with E-state index in [4.69, 9.17) is 11.6 Å². The quantitative estimate of drug-likeness (QED) is 0.789. The van der Waals surface area contributed by atoms with E-state index in [-0.39, 0.29) is 0 Å². The Hall–Kier alpha value is -0.450. The predicted molar refractivity (Wildman–Crippen MR) is 92.1 cm³/mol. The Bertz CT molecular complexity index is 412. The maximum atomic E-state index is 6.38. The fourth-order valence-corrected chi connectivity index (χ4v) is 2.74. The first-order chi connectivity index (χ1) is 9.45. The van der Waals surface area contributed by atoms with Crippen LogP contribution in [0.3, 0.4) is 0 Å². The minimum atomic E-state index is 0.437. The molecule has 0 radical (unpaired) electrons. The Balaban J connectivity index is 2.71. The molecule has 1 heterocycles. The molecule has 1 N–H and O–H groups in total. The maximum absolute atomic E-state index is 6.38. The molecule has 5 heteroatoms. The summed E-state index contributed by atoms with van der Waals surface area (Å²) in [6, 6.07) is 2.91. The average Bonchev–Trinajstić information content (AvgIpc) is 2.41. The van der Waals surface area contributed by atoms with E-state index in [1.807, 2.05) is 24.0 Å². The second-order valence-corrected chi connectivity index (χ2v) is 6.82. The number of aromatic nitrogens is 1. The van der Waals surface area contributed by atoms with E-state index in [1.54, 1.807) is 0 Å². The van der Waals surface area contributed by atoms with E-state index in [0.717, 1.165) is 35.1 Å². The molecule has 0 saturated carbocycles. The van der Waals surface area contributed by atoms with Gasteiger partial charge in [0.1, 0.15) is 5.82 Å². The fourth-order valence-electron chi connectivity index (χ4n) is 1.84. The standard InChI is InChI=1S/C15H26ClN3S/c1-11(2)17-9-13-8-14(16)15(18-10-13)19(4)12(3)6-7-20-5/h8,10-12,17H,6-7,9H2,1-5H3. The van der Waals surface area contributed by atoms with Crippen molar-refractivity contribution in [3.05, 3.63) is 22.8 Å². The normalized spacial score (nSPS) is 12.8. The molecule has 0 amide bonds. The van der Waals surface area contributed by atoms with Crippen LogP contribution in [0, 0.1) is 0 Å². The molecular formula is C15H26ClN3S. The van der Waals surface area contributed by atoms with Gasteiger partial charge < -0.3 is 10.2 Å². The molecule has 1 aromatic rings. The molecule has 0 spiro atoms. The van der Waals surface area contributed by atoms with Gasteiger partial charge in [-0.05, 0) is 37.0 Å². The number of hydrogen-bond donors (Lipinski definition) is 1. The number of halogens is 1. The van der Waals surface area contributed by atoms with Crippen LogP contribution in [-0.2, 0) is 6.54 Å². The third-order valence-corrected chi connectivity index (χ3v) is 4.25. The zero-order chi connectivity index (χ0) is 15.1. The van der Waals surface area contributed by atoms with Crippen molar-refractivity contribution in [1.82, 2.24) is 10.3 Å². The third kappa shape index (κ3) is 5.51. The monoisotopic (exact) mass is 315 g/mol. The van der Waals surface area contributed by atoms with Crippen molar-refractivity contribution in [2.24, 2.45) is 0 Å². The number of nitrogens with zero attached hydrogens (tertiary/aromatic N) is 2. The molecule has 0 aromatic carbocycles. The van der Waals surface area contributed by atoms with Crippen LogP contribution >= 0.6 is 23.4 Å². The summed E-state index contributed by atoms with van der Waals surface area (Å²) in [5.41, 5.74) is 1.12. The number of rotatable bonds is 8. The highest BCUT2D eigenvalue weighted by Gasteiger charge is 2.14. The van der Waals surface area contributed by atoms with Crippen molar-refractivity contribution >= 4 is 29.2 Å². The SMILES string of the molecule is CSCCC(C)N(C)c1ncc(CNC(C)C)cc1Cl. The Kier molecular flexibility index (Phi) is 7.70. The van der Waals surface area contributed by atoms with Crippen LogP contribution in [0.15, 0.2) is 12.3 Å². The lowest BCUT2D eigenvalue weighted by Crippen LogP contribution is -2.30. The minimum Gasteiger partial charge on any atom is -0.356 e. The van der Waals surface area contributed by atoms with Gasteiger partial charge in [-0.25, -0.2) is 4.98 Å². The van der Waals surface area contributed by atoms with Crippen molar-refractivity contribution in [1.29, 1.82) is 0 Å². The van der Waals surface area contributed by atoms with Crippen molar-refractivity contribution in [2.75, 3.05) is 24.0 Å². The summed E-state index contributed by atoms with van der Waals surface area (Å²) in [7, 11) is 2.06. The number of anilines is 1. The largest absolute Gasteiger partial charge is 0.356 e. The zero-order valence-electron chi connectivity index (χ0n) is 13.1. The molecule has 1 aromatic heterocycles. The first-order valence-corrected chi connectivity index (χ1v) is 8.82. The first-order valence-electron chi connectivity index (χ1n) is 7.05. The summed E-state index contributed by atoms with van der Waals surface area (Å²) in [5, 5.41) is 4.10. The van der Waals surface area contributed by atoms with Crippen molar-refractivity contribution in [3.63, 3.8) is 0 Å². The van der Waals surface area contributed by atoms with Gasteiger partial charge in [-0.3, -0.25) is 0 Å². The minimum absolute atomic E-state index is 0.437. The maximum Gasteiger partial charge on any atom is 0.147 e. The number of pyridine rings is 1. The summed E-state index contributed by atoms with van der Waals surface area (Å²) in [5.74, 6) is 2.02. The predicted octanol–water partition coefficient (Wildman–Crippen LogP) is 3.81. The zero-order valence-corrected chi connectivity index (χ0v) is 14.7. The van der Waals surface area contributed by atoms with E-state index in [2.05, 4.69) is 49.3 Å². The summed E-state index contributed by atoms with van der Waals surface area (Å²) < 4.78 is 0. The molecule has 1 rings (SSSR count). The van der Waals surface area contributed by atoms with Crippen LogP contribution in [0.5, 0.6) is 0 Å². The highest BCUT2D eigenvalue weighted by atomic mass is 35.5. The van der Waals surface area contributed by atoms with Gasteiger partial charge in [-0.1, -0.05) is 25.4 Å². The first kappa shape index (κ1) is 17.6. The van der Waals surface area contributed by atoms with Crippen LogP contribution in [0.25, 0.3) is 0 Å². The van der Waals surface area contributed by atoms with E-state index in [1.165, 1.54) is 0 Å². The topological polar surface area (TPSA) is 28.2 Å². The van der Waals surface area contributed by atoms with Crippen LogP contribution in [0.2, 0.25) is 5.02 Å². The van der Waals surface area contributed by atoms with Gasteiger partial charge >= 0.3 is 0 Å². The molecule has 0 fully saturated rings. The Morgan fingerprint density at radius 1 is 1.40 bits per heavy atom. The van der Waals surface area contributed by atoms with E-state index < -0.39 is 0 Å². The lowest BCUT2D eigenvalue weighted by atomic mass is 10.2. The van der Waals surface area contributed by atoms with Gasteiger partial charge in [0.25, 0.3) is 0 Å². The van der Waals surface area contributed by atoms with Gasteiger partial charge in [0.2, 0.25) is 0 Å². The summed E-state index contributed by atoms with van der Waals surface area (Å²) >= 11 is 8.25. The Morgan fingerprint density at radius 2 is 2.10 bits per heavy atom. The van der Waals surface area contributed by atoms with Crippen molar-refractivity contribution < 1.29 is 0 Å². The molecule has 1 atom stereocenters. The van der Waals surface area contributed by atoms with Crippen LogP contribution in [-0.4, -0.2) is 36.1 Å². The smallest absolute Gasteiger partial charge is 0.147 e. The summed E-state index contributed by atoms with van der Waals surface area (Å²) in [6.07, 6.45) is 5.18. The summed E-state index contributed by atoms with van der Waals surface area (Å²) in [6.45, 7) is 7.27. The lowest BCUT2D eigenvalue weighted by molar-refractivity contribution is 0.587. The lowest BCUT2D eigenvalue weighted by Gasteiger charge is -2.26. The Labute approximate surface area is 132 Å². The van der Waals surface area contributed by atoms with Gasteiger partial charge in [-0.15, -0.1) is 0 Å².